The highest BCUT2D eigenvalue weighted by Gasteiger charge is 2.18. The van der Waals surface area contributed by atoms with Crippen LogP contribution in [-0.2, 0) is 12.0 Å². The van der Waals surface area contributed by atoms with Crippen molar-refractivity contribution in [3.05, 3.63) is 40.6 Å². The number of aromatic amines is 1. The van der Waals surface area contributed by atoms with E-state index in [0.29, 0.717) is 6.54 Å². The fourth-order valence-electron chi connectivity index (χ4n) is 2.47. The fourth-order valence-corrected chi connectivity index (χ4v) is 2.47. The number of nitrogens with zero attached hydrogens (tertiary/aromatic N) is 1. The van der Waals surface area contributed by atoms with Crippen LogP contribution in [0.5, 0.6) is 0 Å². The molecule has 0 saturated carbocycles. The smallest absolute Gasteiger partial charge is 0.0700 e. The summed E-state index contributed by atoms with van der Waals surface area (Å²) in [7, 11) is 0. The minimum Gasteiger partial charge on any atom is -0.326 e. The molecule has 0 fully saturated rings. The number of nitrogens with one attached hydrogen (secondary N) is 1. The van der Waals surface area contributed by atoms with Crippen LogP contribution < -0.4 is 5.73 Å². The van der Waals surface area contributed by atoms with Crippen molar-refractivity contribution in [1.82, 2.24) is 10.2 Å². The Morgan fingerprint density at radius 2 is 1.74 bits per heavy atom. The number of aryl methyl sites for hydroxylation is 2. The first-order chi connectivity index (χ1) is 8.84. The largest absolute Gasteiger partial charge is 0.326 e. The van der Waals surface area contributed by atoms with Crippen LogP contribution in [0.3, 0.4) is 0 Å². The van der Waals surface area contributed by atoms with Crippen LogP contribution in [0.2, 0.25) is 0 Å². The number of hydrogen-bond acceptors (Lipinski definition) is 2. The molecule has 3 N–H and O–H groups in total. The molecule has 2 rings (SSSR count). The van der Waals surface area contributed by atoms with Crippen molar-refractivity contribution in [1.29, 1.82) is 0 Å². The lowest BCUT2D eigenvalue weighted by Crippen LogP contribution is -2.12. The Bertz CT molecular complexity index is 565. The SMILES string of the molecule is Cc1cc(C(C)(C)C)cc(C)c1-c1[nH]ncc1CN. The molecule has 102 valence electrons. The van der Waals surface area contributed by atoms with Gasteiger partial charge in [-0.3, -0.25) is 5.10 Å². The minimum absolute atomic E-state index is 0.165. The van der Waals surface area contributed by atoms with E-state index in [1.54, 1.807) is 0 Å². The lowest BCUT2D eigenvalue weighted by atomic mass is 9.83. The predicted octanol–water partition coefficient (Wildman–Crippen LogP) is 3.45. The molecule has 2 aromatic rings. The maximum Gasteiger partial charge on any atom is 0.0700 e. The lowest BCUT2D eigenvalue weighted by molar-refractivity contribution is 0.589. The van der Waals surface area contributed by atoms with Crippen LogP contribution in [0, 0.1) is 13.8 Å². The molecule has 0 atom stereocenters. The van der Waals surface area contributed by atoms with Crippen LogP contribution >= 0.6 is 0 Å². The number of hydrogen-bond donors (Lipinski definition) is 2. The molecule has 0 amide bonds. The van der Waals surface area contributed by atoms with Crippen molar-refractivity contribution in [2.75, 3.05) is 0 Å². The molecule has 1 aromatic heterocycles. The topological polar surface area (TPSA) is 54.7 Å². The van der Waals surface area contributed by atoms with Gasteiger partial charge in [-0.05, 0) is 36.0 Å². The third-order valence-electron chi connectivity index (χ3n) is 3.59. The maximum atomic E-state index is 5.77. The summed E-state index contributed by atoms with van der Waals surface area (Å²) < 4.78 is 0. The van der Waals surface area contributed by atoms with Gasteiger partial charge in [-0.15, -0.1) is 0 Å². The Hall–Kier alpha value is -1.61. The van der Waals surface area contributed by atoms with Gasteiger partial charge in [0, 0.05) is 17.7 Å². The van der Waals surface area contributed by atoms with E-state index >= 15 is 0 Å². The van der Waals surface area contributed by atoms with Gasteiger partial charge >= 0.3 is 0 Å². The highest BCUT2D eigenvalue weighted by Crippen LogP contribution is 2.33. The summed E-state index contributed by atoms with van der Waals surface area (Å²) >= 11 is 0. The van der Waals surface area contributed by atoms with Crippen molar-refractivity contribution in [2.45, 2.75) is 46.6 Å². The Kier molecular flexibility index (Phi) is 3.50. The van der Waals surface area contributed by atoms with Crippen molar-refractivity contribution in [3.8, 4) is 11.3 Å². The van der Waals surface area contributed by atoms with Crippen molar-refractivity contribution < 1.29 is 0 Å². The van der Waals surface area contributed by atoms with Gasteiger partial charge in [0.05, 0.1) is 11.9 Å². The van der Waals surface area contributed by atoms with Gasteiger partial charge in [0.15, 0.2) is 0 Å². The molecule has 3 nitrogen and oxygen atoms in total. The summed E-state index contributed by atoms with van der Waals surface area (Å²) in [5.74, 6) is 0. The number of nitrogens with two attached hydrogens (primary N) is 1. The second kappa shape index (κ2) is 4.82. The van der Waals surface area contributed by atoms with Gasteiger partial charge in [-0.1, -0.05) is 32.9 Å². The van der Waals surface area contributed by atoms with Gasteiger partial charge in [0.1, 0.15) is 0 Å². The monoisotopic (exact) mass is 257 g/mol. The van der Waals surface area contributed by atoms with E-state index in [4.69, 9.17) is 5.73 Å². The van der Waals surface area contributed by atoms with Crippen molar-refractivity contribution >= 4 is 0 Å². The van der Waals surface area contributed by atoms with E-state index in [2.05, 4.69) is 56.9 Å². The summed E-state index contributed by atoms with van der Waals surface area (Å²) in [5, 5.41) is 7.20. The molecule has 0 radical (unpaired) electrons. The zero-order chi connectivity index (χ0) is 14.2. The molecule has 0 aliphatic heterocycles. The van der Waals surface area contributed by atoms with E-state index in [-0.39, 0.29) is 5.41 Å². The van der Waals surface area contributed by atoms with E-state index in [1.165, 1.54) is 22.3 Å². The average molecular weight is 257 g/mol. The zero-order valence-corrected chi connectivity index (χ0v) is 12.5. The molecule has 19 heavy (non-hydrogen) atoms. The quantitative estimate of drug-likeness (QED) is 0.865. The second-order valence-electron chi connectivity index (χ2n) is 6.21. The van der Waals surface area contributed by atoms with Crippen LogP contribution in [0.4, 0.5) is 0 Å². The van der Waals surface area contributed by atoms with Gasteiger partial charge in [-0.2, -0.15) is 5.10 Å². The molecule has 0 aliphatic rings. The summed E-state index contributed by atoms with van der Waals surface area (Å²) in [5.41, 5.74) is 13.2. The normalized spacial score (nSPS) is 11.9. The fraction of sp³-hybridized carbons (Fsp3) is 0.438. The summed E-state index contributed by atoms with van der Waals surface area (Å²) in [6.45, 7) is 11.5. The van der Waals surface area contributed by atoms with E-state index in [0.717, 1.165) is 11.3 Å². The Labute approximate surface area is 115 Å². The zero-order valence-electron chi connectivity index (χ0n) is 12.5. The average Bonchev–Trinajstić information content (AvgIpc) is 2.75. The highest BCUT2D eigenvalue weighted by molar-refractivity contribution is 5.71. The second-order valence-corrected chi connectivity index (χ2v) is 6.21. The van der Waals surface area contributed by atoms with Gasteiger partial charge in [0.2, 0.25) is 0 Å². The highest BCUT2D eigenvalue weighted by atomic mass is 15.1. The molecule has 0 aliphatic carbocycles. The molecule has 0 bridgehead atoms. The third-order valence-corrected chi connectivity index (χ3v) is 3.59. The molecule has 1 aromatic carbocycles. The molecular formula is C16H23N3. The predicted molar refractivity (Wildman–Crippen MR) is 80.1 cm³/mol. The van der Waals surface area contributed by atoms with Crippen molar-refractivity contribution in [2.24, 2.45) is 5.73 Å². The third kappa shape index (κ3) is 2.56. The number of aromatic nitrogens is 2. The van der Waals surface area contributed by atoms with Crippen molar-refractivity contribution in [3.63, 3.8) is 0 Å². The summed E-state index contributed by atoms with van der Waals surface area (Å²) in [6.07, 6.45) is 1.81. The Morgan fingerprint density at radius 1 is 1.16 bits per heavy atom. The maximum absolute atomic E-state index is 5.77. The van der Waals surface area contributed by atoms with Gasteiger partial charge in [-0.25, -0.2) is 0 Å². The molecule has 1 heterocycles. The van der Waals surface area contributed by atoms with Crippen LogP contribution in [0.25, 0.3) is 11.3 Å². The number of rotatable bonds is 2. The molecule has 0 unspecified atom stereocenters. The lowest BCUT2D eigenvalue weighted by Gasteiger charge is -2.22. The Balaban J connectivity index is 2.61. The first-order valence-corrected chi connectivity index (χ1v) is 6.69. The van der Waals surface area contributed by atoms with Gasteiger partial charge in [0.25, 0.3) is 0 Å². The van der Waals surface area contributed by atoms with Gasteiger partial charge < -0.3 is 5.73 Å². The van der Waals surface area contributed by atoms with Crippen LogP contribution in [0.15, 0.2) is 18.3 Å². The minimum atomic E-state index is 0.165. The molecule has 0 spiro atoms. The van der Waals surface area contributed by atoms with E-state index in [1.807, 2.05) is 6.20 Å². The molecule has 0 saturated heterocycles. The summed E-state index contributed by atoms with van der Waals surface area (Å²) in [4.78, 5) is 0. The standard InChI is InChI=1S/C16H23N3/c1-10-6-13(16(3,4)5)7-11(2)14(10)15-12(8-17)9-18-19-15/h6-7,9H,8,17H2,1-5H3,(H,18,19). The van der Waals surface area contributed by atoms with E-state index < -0.39 is 0 Å². The first-order valence-electron chi connectivity index (χ1n) is 6.69. The molecule has 3 heteroatoms. The first kappa shape index (κ1) is 13.8. The van der Waals surface area contributed by atoms with Crippen LogP contribution in [0.1, 0.15) is 43.0 Å². The number of benzene rings is 1. The van der Waals surface area contributed by atoms with E-state index in [9.17, 15) is 0 Å². The number of H-pyrrole nitrogens is 1. The molecular weight excluding hydrogens is 234 g/mol. The Morgan fingerprint density at radius 3 is 2.21 bits per heavy atom. The summed E-state index contributed by atoms with van der Waals surface area (Å²) in [6, 6.07) is 4.53. The van der Waals surface area contributed by atoms with Crippen LogP contribution in [-0.4, -0.2) is 10.2 Å².